The number of carboxylic acid groups (broad SMARTS) is 1. The molecule has 3 heteroatoms. The molecule has 3 aliphatic carbocycles. The molecule has 0 bridgehead atoms. The highest BCUT2D eigenvalue weighted by Gasteiger charge is 2.51. The van der Waals surface area contributed by atoms with Gasteiger partial charge in [-0.3, -0.25) is 4.79 Å². The minimum absolute atomic E-state index is 0.0622. The van der Waals surface area contributed by atoms with Gasteiger partial charge in [0.25, 0.3) is 0 Å². The van der Waals surface area contributed by atoms with Crippen molar-refractivity contribution in [2.75, 3.05) is 0 Å². The summed E-state index contributed by atoms with van der Waals surface area (Å²) in [5.74, 6) is 3.77. The van der Waals surface area contributed by atoms with E-state index in [1.54, 1.807) is 0 Å². The Morgan fingerprint density at radius 2 is 1.89 bits per heavy atom. The summed E-state index contributed by atoms with van der Waals surface area (Å²) in [6.45, 7) is 7.32. The molecule has 3 rings (SSSR count). The topological polar surface area (TPSA) is 57.5 Å². The fraction of sp³-hybridized carbons (Fsp3) is 0.958. The van der Waals surface area contributed by atoms with Crippen LogP contribution in [0.15, 0.2) is 0 Å². The van der Waals surface area contributed by atoms with Crippen LogP contribution < -0.4 is 0 Å². The van der Waals surface area contributed by atoms with Crippen molar-refractivity contribution in [1.82, 2.24) is 0 Å². The summed E-state index contributed by atoms with van der Waals surface area (Å²) >= 11 is 0. The second kappa shape index (κ2) is 8.84. The lowest BCUT2D eigenvalue weighted by molar-refractivity contribution is -0.137. The molecule has 2 N–H and O–H groups in total. The third kappa shape index (κ3) is 4.71. The number of aliphatic hydroxyl groups excluding tert-OH is 1. The Hall–Kier alpha value is -0.570. The molecule has 0 heterocycles. The molecule has 0 aliphatic heterocycles. The van der Waals surface area contributed by atoms with Crippen molar-refractivity contribution in [2.24, 2.45) is 40.9 Å². The van der Waals surface area contributed by atoms with Crippen molar-refractivity contribution in [3.63, 3.8) is 0 Å². The fourth-order valence-electron chi connectivity index (χ4n) is 7.23. The summed E-state index contributed by atoms with van der Waals surface area (Å²) in [6.07, 6.45) is 13.5. The number of carbonyl (C=O) groups is 1. The first kappa shape index (κ1) is 21.1. The number of aliphatic hydroxyl groups is 1. The number of fused-ring (bicyclic) bond motifs is 3. The molecule has 3 fully saturated rings. The Morgan fingerprint density at radius 1 is 1.11 bits per heavy atom. The molecule has 156 valence electrons. The van der Waals surface area contributed by atoms with Crippen LogP contribution in [0.3, 0.4) is 0 Å². The molecule has 3 nitrogen and oxygen atoms in total. The van der Waals surface area contributed by atoms with Gasteiger partial charge in [0.2, 0.25) is 0 Å². The predicted octanol–water partition coefficient (Wildman–Crippen LogP) is 5.90. The molecule has 0 spiro atoms. The fourth-order valence-corrected chi connectivity index (χ4v) is 7.23. The molecule has 0 aromatic carbocycles. The van der Waals surface area contributed by atoms with Crippen molar-refractivity contribution in [3.8, 4) is 0 Å². The van der Waals surface area contributed by atoms with Crippen LogP contribution in [0.5, 0.6) is 0 Å². The van der Waals surface area contributed by atoms with Crippen LogP contribution in [0.25, 0.3) is 0 Å². The molecule has 8 unspecified atom stereocenters. The van der Waals surface area contributed by atoms with Gasteiger partial charge in [0.15, 0.2) is 0 Å². The Kier molecular flexibility index (Phi) is 6.93. The highest BCUT2D eigenvalue weighted by Crippen LogP contribution is 2.59. The lowest BCUT2D eigenvalue weighted by Crippen LogP contribution is -2.49. The summed E-state index contributed by atoms with van der Waals surface area (Å²) in [5, 5.41) is 19.2. The van der Waals surface area contributed by atoms with Crippen molar-refractivity contribution in [2.45, 2.75) is 104 Å². The third-order valence-corrected chi connectivity index (χ3v) is 9.15. The first-order valence-corrected chi connectivity index (χ1v) is 11.7. The van der Waals surface area contributed by atoms with Crippen LogP contribution in [0.1, 0.15) is 97.8 Å². The molecule has 3 aliphatic rings. The number of rotatable bonds is 4. The summed E-state index contributed by atoms with van der Waals surface area (Å²) in [6, 6.07) is 0. The van der Waals surface area contributed by atoms with E-state index in [0.717, 1.165) is 42.9 Å². The Morgan fingerprint density at radius 3 is 2.63 bits per heavy atom. The standard InChI is InChI=1S/C24H42O3/c1-16(8-12-23(26)27)18-5-4-6-22-21(17(2)7-9-18)11-10-19-15-20(25)13-14-24(19,22)3/h16-22,25H,4-15H2,1-3H3,(H,26,27). The van der Waals surface area contributed by atoms with Crippen LogP contribution in [-0.2, 0) is 4.79 Å². The second-order valence-corrected chi connectivity index (χ2v) is 10.6. The van der Waals surface area contributed by atoms with Crippen molar-refractivity contribution in [3.05, 3.63) is 0 Å². The second-order valence-electron chi connectivity index (χ2n) is 10.6. The van der Waals surface area contributed by atoms with Gasteiger partial charge in [-0.25, -0.2) is 0 Å². The smallest absolute Gasteiger partial charge is 0.303 e. The number of hydrogen-bond acceptors (Lipinski definition) is 2. The van der Waals surface area contributed by atoms with Gasteiger partial charge in [0.1, 0.15) is 0 Å². The van der Waals surface area contributed by atoms with E-state index in [2.05, 4.69) is 20.8 Å². The zero-order chi connectivity index (χ0) is 19.6. The van der Waals surface area contributed by atoms with Gasteiger partial charge in [-0.05, 0) is 92.3 Å². The van der Waals surface area contributed by atoms with Crippen molar-refractivity contribution >= 4 is 5.97 Å². The zero-order valence-corrected chi connectivity index (χ0v) is 17.8. The quantitative estimate of drug-likeness (QED) is 0.640. The van der Waals surface area contributed by atoms with E-state index in [-0.39, 0.29) is 6.10 Å². The minimum Gasteiger partial charge on any atom is -0.481 e. The predicted molar refractivity (Wildman–Crippen MR) is 109 cm³/mol. The zero-order valence-electron chi connectivity index (χ0n) is 17.8. The highest BCUT2D eigenvalue weighted by atomic mass is 16.4. The van der Waals surface area contributed by atoms with Gasteiger partial charge >= 0.3 is 5.97 Å². The molecule has 0 aromatic rings. The minimum atomic E-state index is -0.650. The van der Waals surface area contributed by atoms with E-state index >= 15 is 0 Å². The number of carboxylic acids is 1. The summed E-state index contributed by atoms with van der Waals surface area (Å²) < 4.78 is 0. The van der Waals surface area contributed by atoms with Gasteiger partial charge in [-0.1, -0.05) is 40.0 Å². The van der Waals surface area contributed by atoms with E-state index in [1.807, 2.05) is 0 Å². The van der Waals surface area contributed by atoms with Gasteiger partial charge in [0.05, 0.1) is 6.10 Å². The monoisotopic (exact) mass is 378 g/mol. The lowest BCUT2D eigenvalue weighted by atomic mass is 9.50. The molecule has 0 amide bonds. The van der Waals surface area contributed by atoms with E-state index < -0.39 is 5.97 Å². The largest absolute Gasteiger partial charge is 0.481 e. The van der Waals surface area contributed by atoms with Crippen molar-refractivity contribution < 1.29 is 15.0 Å². The maximum absolute atomic E-state index is 11.0. The Bertz CT molecular complexity index is 504. The Balaban J connectivity index is 1.69. The maximum Gasteiger partial charge on any atom is 0.303 e. The molecular weight excluding hydrogens is 336 g/mol. The lowest BCUT2D eigenvalue weighted by Gasteiger charge is -2.56. The van der Waals surface area contributed by atoms with E-state index in [0.29, 0.717) is 23.7 Å². The van der Waals surface area contributed by atoms with Crippen LogP contribution >= 0.6 is 0 Å². The molecule has 0 aromatic heterocycles. The van der Waals surface area contributed by atoms with Gasteiger partial charge < -0.3 is 10.2 Å². The molecule has 8 atom stereocenters. The summed E-state index contributed by atoms with van der Waals surface area (Å²) in [5.41, 5.74) is 0.436. The normalized spacial score (nSPS) is 44.1. The van der Waals surface area contributed by atoms with Crippen LogP contribution in [0.2, 0.25) is 0 Å². The van der Waals surface area contributed by atoms with Gasteiger partial charge in [-0.15, -0.1) is 0 Å². The average molecular weight is 379 g/mol. The van der Waals surface area contributed by atoms with Gasteiger partial charge in [0, 0.05) is 6.42 Å². The van der Waals surface area contributed by atoms with E-state index in [4.69, 9.17) is 5.11 Å². The van der Waals surface area contributed by atoms with Gasteiger partial charge in [-0.2, -0.15) is 0 Å². The maximum atomic E-state index is 11.0. The van der Waals surface area contributed by atoms with E-state index in [9.17, 15) is 9.90 Å². The highest BCUT2D eigenvalue weighted by molar-refractivity contribution is 5.66. The van der Waals surface area contributed by atoms with E-state index in [1.165, 1.54) is 51.4 Å². The third-order valence-electron chi connectivity index (χ3n) is 9.15. The van der Waals surface area contributed by atoms with Crippen LogP contribution in [0.4, 0.5) is 0 Å². The SMILES string of the molecule is CC(CCC(=O)O)C1CCCC2C(CCC3CC(O)CCC32C)C(C)CC1. The number of aliphatic carboxylic acids is 1. The van der Waals surface area contributed by atoms with Crippen LogP contribution in [-0.4, -0.2) is 22.3 Å². The van der Waals surface area contributed by atoms with Crippen molar-refractivity contribution in [1.29, 1.82) is 0 Å². The van der Waals surface area contributed by atoms with Crippen LogP contribution in [0, 0.1) is 40.9 Å². The Labute approximate surface area is 166 Å². The molecule has 0 saturated heterocycles. The first-order valence-electron chi connectivity index (χ1n) is 11.7. The molecule has 27 heavy (non-hydrogen) atoms. The average Bonchev–Trinajstić information content (AvgIpc) is 2.70. The summed E-state index contributed by atoms with van der Waals surface area (Å²) in [4.78, 5) is 11.0. The number of hydrogen-bond donors (Lipinski definition) is 2. The molecule has 0 radical (unpaired) electrons. The molecule has 3 saturated carbocycles. The summed E-state index contributed by atoms with van der Waals surface area (Å²) in [7, 11) is 0. The molecular formula is C24H42O3. The first-order chi connectivity index (χ1) is 12.8.